The number of carbonyl (C=O) groups is 1. The van der Waals surface area contributed by atoms with Crippen molar-refractivity contribution in [3.05, 3.63) is 162 Å². The van der Waals surface area contributed by atoms with E-state index in [1.807, 2.05) is 17.1 Å². The SMILES string of the molecule is O=C1/C=C\C=C/CC2=CC(C3C=CC4[C@@H](C3)C3=CCCCC3N4c3cccc4oc5ccccc5c34)CC=C2N1c1ccccc1C1=CC=CCC1. The van der Waals surface area contributed by atoms with Crippen molar-refractivity contribution in [3.63, 3.8) is 0 Å². The minimum absolute atomic E-state index is 0.00343. The van der Waals surface area contributed by atoms with Gasteiger partial charge in [0.05, 0.1) is 23.2 Å². The zero-order valence-corrected chi connectivity index (χ0v) is 29.5. The Balaban J connectivity index is 0.996. The highest BCUT2D eigenvalue weighted by Gasteiger charge is 2.47. The van der Waals surface area contributed by atoms with E-state index in [1.54, 1.807) is 11.6 Å². The molecule has 4 nitrogen and oxygen atoms in total. The summed E-state index contributed by atoms with van der Waals surface area (Å²) in [6.45, 7) is 0. The second-order valence-electron chi connectivity index (χ2n) is 15.2. The first-order valence-electron chi connectivity index (χ1n) is 19.3. The number of amides is 1. The van der Waals surface area contributed by atoms with Gasteiger partial charge in [0.15, 0.2) is 0 Å². The lowest BCUT2D eigenvalue weighted by molar-refractivity contribution is -0.113. The van der Waals surface area contributed by atoms with Crippen LogP contribution in [0.2, 0.25) is 0 Å². The maximum Gasteiger partial charge on any atom is 0.255 e. The fourth-order valence-corrected chi connectivity index (χ4v) is 10.0. The van der Waals surface area contributed by atoms with Gasteiger partial charge in [0.2, 0.25) is 0 Å². The minimum atomic E-state index is 0.00343. The summed E-state index contributed by atoms with van der Waals surface area (Å²) < 4.78 is 6.36. The molecule has 0 bridgehead atoms. The molecule has 0 saturated carbocycles. The molecular weight excluding hydrogens is 637 g/mol. The Morgan fingerprint density at radius 3 is 2.60 bits per heavy atom. The number of anilines is 2. The monoisotopic (exact) mass is 680 g/mol. The zero-order valence-electron chi connectivity index (χ0n) is 29.5. The normalized spacial score (nSPS) is 28.2. The van der Waals surface area contributed by atoms with Crippen molar-refractivity contribution >= 4 is 44.8 Å². The third-order valence-corrected chi connectivity index (χ3v) is 12.4. The molecule has 3 aromatic carbocycles. The minimum Gasteiger partial charge on any atom is -0.456 e. The van der Waals surface area contributed by atoms with Crippen LogP contribution in [0.25, 0.3) is 27.5 Å². The van der Waals surface area contributed by atoms with Crippen LogP contribution < -0.4 is 9.80 Å². The van der Waals surface area contributed by atoms with E-state index in [0.29, 0.717) is 29.8 Å². The van der Waals surface area contributed by atoms with Gasteiger partial charge >= 0.3 is 0 Å². The molecule has 5 atom stereocenters. The third-order valence-electron chi connectivity index (χ3n) is 12.4. The Labute approximate surface area is 306 Å². The quantitative estimate of drug-likeness (QED) is 0.201. The number of fused-ring (bicyclic) bond motifs is 7. The summed E-state index contributed by atoms with van der Waals surface area (Å²) in [6, 6.07) is 24.3. The lowest BCUT2D eigenvalue weighted by Crippen LogP contribution is -2.39. The summed E-state index contributed by atoms with van der Waals surface area (Å²) in [5.41, 5.74) is 10.6. The molecule has 258 valence electrons. The van der Waals surface area contributed by atoms with Gasteiger partial charge in [-0.3, -0.25) is 9.69 Å². The van der Waals surface area contributed by atoms with Crippen LogP contribution in [0.5, 0.6) is 0 Å². The van der Waals surface area contributed by atoms with Crippen LogP contribution in [0.15, 0.2) is 161 Å². The number of carbonyl (C=O) groups excluding carboxylic acids is 1. The van der Waals surface area contributed by atoms with Crippen molar-refractivity contribution in [1.82, 2.24) is 0 Å². The maximum atomic E-state index is 14.0. The molecule has 3 heterocycles. The van der Waals surface area contributed by atoms with E-state index in [1.165, 1.54) is 46.9 Å². The van der Waals surface area contributed by atoms with E-state index in [-0.39, 0.29) is 5.91 Å². The number of hydrogen-bond acceptors (Lipinski definition) is 3. The number of nitrogens with zero attached hydrogens (tertiary/aromatic N) is 2. The molecule has 6 aliphatic rings. The average molecular weight is 681 g/mol. The molecule has 0 radical (unpaired) electrons. The first-order chi connectivity index (χ1) is 25.7. The van der Waals surface area contributed by atoms with Crippen LogP contribution in [0.4, 0.5) is 11.4 Å². The van der Waals surface area contributed by atoms with Gasteiger partial charge in [0.25, 0.3) is 5.91 Å². The number of benzene rings is 3. The van der Waals surface area contributed by atoms with Gasteiger partial charge in [-0.2, -0.15) is 0 Å². The molecule has 2 aliphatic heterocycles. The van der Waals surface area contributed by atoms with Crippen LogP contribution >= 0.6 is 0 Å². The van der Waals surface area contributed by atoms with Crippen molar-refractivity contribution in [3.8, 4) is 0 Å². The highest BCUT2D eigenvalue weighted by atomic mass is 16.3. The number of para-hydroxylation sites is 2. The Kier molecular flexibility index (Phi) is 7.85. The van der Waals surface area contributed by atoms with Crippen LogP contribution in [0, 0.1) is 17.8 Å². The Morgan fingerprint density at radius 2 is 1.65 bits per heavy atom. The zero-order chi connectivity index (χ0) is 34.6. The molecule has 1 aromatic heterocycles. The molecule has 4 aromatic rings. The molecule has 1 saturated heterocycles. The van der Waals surface area contributed by atoms with Crippen LogP contribution in [-0.4, -0.2) is 18.0 Å². The van der Waals surface area contributed by atoms with E-state index in [0.717, 1.165) is 60.2 Å². The molecular formula is C48H44N2O2. The predicted octanol–water partition coefficient (Wildman–Crippen LogP) is 11.6. The number of hydrogen-bond donors (Lipinski definition) is 0. The maximum absolute atomic E-state index is 14.0. The van der Waals surface area contributed by atoms with E-state index in [2.05, 4.69) is 126 Å². The number of allylic oxidation sites excluding steroid dienone is 12. The second-order valence-corrected chi connectivity index (χ2v) is 15.2. The largest absolute Gasteiger partial charge is 0.456 e. The van der Waals surface area contributed by atoms with Crippen molar-refractivity contribution in [2.75, 3.05) is 9.80 Å². The average Bonchev–Trinajstić information content (AvgIpc) is 3.76. The molecule has 1 amide bonds. The Bertz CT molecular complexity index is 2340. The standard InChI is InChI=1S/C48H44N2O2/c51-47-25-6-2-5-16-35-30-33(26-28-40(35)50(47)41-20-10-7-17-36(41)32-14-3-1-4-15-32)34-27-29-43-39(31-34)37-18-8-11-21-42(37)49(43)44-22-13-24-46-48(44)38-19-9-12-23-45(38)52-46/h1-3,5-7,9-10,12-14,17-20,22-25,27-30,33-34,39,42-43H,4,8,11,15-16,21,26,31H2/b5-2-,25-6-/t33?,34?,39-,42?,43?/m0/s1. The third kappa shape index (κ3) is 5.22. The molecule has 4 unspecified atom stereocenters. The van der Waals surface area contributed by atoms with Gasteiger partial charge in [-0.25, -0.2) is 0 Å². The fourth-order valence-electron chi connectivity index (χ4n) is 10.0. The van der Waals surface area contributed by atoms with Crippen LogP contribution in [0.1, 0.15) is 56.9 Å². The first kappa shape index (κ1) is 31.4. The Hall–Kier alpha value is -5.35. The van der Waals surface area contributed by atoms with Gasteiger partial charge < -0.3 is 9.32 Å². The molecule has 4 heteroatoms. The predicted molar refractivity (Wildman–Crippen MR) is 214 cm³/mol. The van der Waals surface area contributed by atoms with Gasteiger partial charge in [-0.05, 0) is 104 Å². The molecule has 10 rings (SSSR count). The summed E-state index contributed by atoms with van der Waals surface area (Å²) in [5, 5.41) is 2.45. The lowest BCUT2D eigenvalue weighted by atomic mass is 9.72. The van der Waals surface area contributed by atoms with E-state index < -0.39 is 0 Å². The van der Waals surface area contributed by atoms with E-state index >= 15 is 0 Å². The highest BCUT2D eigenvalue weighted by Crippen LogP contribution is 2.52. The summed E-state index contributed by atoms with van der Waals surface area (Å²) >= 11 is 0. The Morgan fingerprint density at radius 1 is 0.769 bits per heavy atom. The molecule has 0 spiro atoms. The molecule has 4 aliphatic carbocycles. The summed E-state index contributed by atoms with van der Waals surface area (Å²) in [5.74, 6) is 1.31. The molecule has 52 heavy (non-hydrogen) atoms. The molecule has 0 N–H and O–H groups in total. The highest BCUT2D eigenvalue weighted by molar-refractivity contribution is 6.12. The van der Waals surface area contributed by atoms with Crippen molar-refractivity contribution in [2.24, 2.45) is 17.8 Å². The summed E-state index contributed by atoms with van der Waals surface area (Å²) in [7, 11) is 0. The van der Waals surface area contributed by atoms with Crippen LogP contribution in [0.3, 0.4) is 0 Å². The van der Waals surface area contributed by atoms with Gasteiger partial charge in [0.1, 0.15) is 11.2 Å². The summed E-state index contributed by atoms with van der Waals surface area (Å²) in [4.78, 5) is 18.7. The number of furan rings is 1. The van der Waals surface area contributed by atoms with E-state index in [4.69, 9.17) is 4.42 Å². The van der Waals surface area contributed by atoms with Gasteiger partial charge in [-0.1, -0.05) is 109 Å². The van der Waals surface area contributed by atoms with Crippen molar-refractivity contribution < 1.29 is 9.21 Å². The summed E-state index contributed by atoms with van der Waals surface area (Å²) in [6.07, 6.45) is 35.4. The van der Waals surface area contributed by atoms with Crippen LogP contribution in [-0.2, 0) is 4.79 Å². The fraction of sp³-hybridized carbons (Fsp3) is 0.271. The lowest BCUT2D eigenvalue weighted by Gasteiger charge is -2.37. The second kappa shape index (κ2) is 13.0. The first-order valence-corrected chi connectivity index (χ1v) is 19.3. The topological polar surface area (TPSA) is 36.7 Å². The van der Waals surface area contributed by atoms with E-state index in [9.17, 15) is 4.79 Å². The smallest absolute Gasteiger partial charge is 0.255 e. The van der Waals surface area contributed by atoms with Gasteiger partial charge in [-0.15, -0.1) is 0 Å². The van der Waals surface area contributed by atoms with Gasteiger partial charge in [0, 0.05) is 34.3 Å². The number of rotatable bonds is 4. The van der Waals surface area contributed by atoms with Crippen molar-refractivity contribution in [1.29, 1.82) is 0 Å². The molecule has 1 fully saturated rings. The van der Waals surface area contributed by atoms with Crippen molar-refractivity contribution in [2.45, 2.75) is 63.5 Å².